The number of amides is 1. The van der Waals surface area contributed by atoms with Gasteiger partial charge in [0.25, 0.3) is 0 Å². The zero-order chi connectivity index (χ0) is 14.6. The third-order valence-electron chi connectivity index (χ3n) is 3.87. The molecule has 1 fully saturated rings. The molecule has 0 radical (unpaired) electrons. The van der Waals surface area contributed by atoms with Crippen LogP contribution in [0.5, 0.6) is 0 Å². The molecular formula is C15H28N2OS. The van der Waals surface area contributed by atoms with Crippen molar-refractivity contribution < 1.29 is 4.79 Å². The van der Waals surface area contributed by atoms with Crippen LogP contribution in [0.3, 0.4) is 0 Å². The Morgan fingerprint density at radius 2 is 1.58 bits per heavy atom. The largest absolute Gasteiger partial charge is 0.392 e. The van der Waals surface area contributed by atoms with Gasteiger partial charge in [-0.2, -0.15) is 0 Å². The van der Waals surface area contributed by atoms with Gasteiger partial charge in [-0.25, -0.2) is 0 Å². The van der Waals surface area contributed by atoms with Crippen molar-refractivity contribution in [3.05, 3.63) is 0 Å². The molecule has 0 heterocycles. The van der Waals surface area contributed by atoms with Crippen molar-refractivity contribution in [2.24, 2.45) is 23.0 Å². The minimum atomic E-state index is -0.497. The van der Waals surface area contributed by atoms with Crippen molar-refractivity contribution in [3.63, 3.8) is 0 Å². The summed E-state index contributed by atoms with van der Waals surface area (Å²) in [5, 5.41) is 0. The maximum atomic E-state index is 12.7. The predicted octanol–water partition coefficient (Wildman–Crippen LogP) is 2.97. The Kier molecular flexibility index (Phi) is 5.78. The Bertz CT molecular complexity index is 323. The van der Waals surface area contributed by atoms with Gasteiger partial charge < -0.3 is 10.6 Å². The van der Waals surface area contributed by atoms with Gasteiger partial charge in [-0.15, -0.1) is 0 Å². The van der Waals surface area contributed by atoms with Crippen LogP contribution in [0.25, 0.3) is 0 Å². The molecule has 0 aromatic heterocycles. The average molecular weight is 284 g/mol. The number of nitrogens with zero attached hydrogens (tertiary/aromatic N) is 1. The summed E-state index contributed by atoms with van der Waals surface area (Å²) < 4.78 is 0. The molecule has 0 saturated heterocycles. The fourth-order valence-corrected chi connectivity index (χ4v) is 2.43. The van der Waals surface area contributed by atoms with Crippen molar-refractivity contribution in [1.29, 1.82) is 0 Å². The maximum absolute atomic E-state index is 12.7. The van der Waals surface area contributed by atoms with Gasteiger partial charge in [0.2, 0.25) is 5.91 Å². The molecule has 0 bridgehead atoms. The standard InChI is InChI=1S/C15H28N2OS/c1-11(2)5-9-17(10-6-12(3)4)14(18)15(7-8-15)13(16)19/h11-12H,5-10H2,1-4H3,(H2,16,19). The lowest BCUT2D eigenvalue weighted by molar-refractivity contribution is -0.134. The third kappa shape index (κ3) is 4.44. The molecule has 1 aliphatic carbocycles. The smallest absolute Gasteiger partial charge is 0.235 e. The number of thiocarbonyl (C=S) groups is 1. The van der Waals surface area contributed by atoms with Crippen molar-refractivity contribution in [2.45, 2.75) is 53.4 Å². The molecule has 19 heavy (non-hydrogen) atoms. The highest BCUT2D eigenvalue weighted by atomic mass is 32.1. The second kappa shape index (κ2) is 6.69. The normalized spacial score (nSPS) is 16.7. The monoisotopic (exact) mass is 284 g/mol. The van der Waals surface area contributed by atoms with E-state index in [0.29, 0.717) is 16.8 Å². The molecule has 0 unspecified atom stereocenters. The van der Waals surface area contributed by atoms with Crippen molar-refractivity contribution in [3.8, 4) is 0 Å². The van der Waals surface area contributed by atoms with Crippen molar-refractivity contribution in [2.75, 3.05) is 13.1 Å². The fraction of sp³-hybridized carbons (Fsp3) is 0.867. The second-order valence-corrected chi connectivity index (χ2v) is 7.04. The predicted molar refractivity (Wildman–Crippen MR) is 83.9 cm³/mol. The molecule has 0 aromatic carbocycles. The summed E-state index contributed by atoms with van der Waals surface area (Å²) >= 11 is 5.09. The molecule has 3 nitrogen and oxygen atoms in total. The molecule has 110 valence electrons. The van der Waals surface area contributed by atoms with Gasteiger partial charge >= 0.3 is 0 Å². The first-order chi connectivity index (χ1) is 8.79. The van der Waals surface area contributed by atoms with Crippen LogP contribution >= 0.6 is 12.2 Å². The molecule has 0 aliphatic heterocycles. The van der Waals surface area contributed by atoms with E-state index in [4.69, 9.17) is 18.0 Å². The number of hydrogen-bond donors (Lipinski definition) is 1. The third-order valence-corrected chi connectivity index (χ3v) is 4.26. The molecule has 0 aromatic rings. The first kappa shape index (κ1) is 16.4. The highest BCUT2D eigenvalue weighted by molar-refractivity contribution is 7.80. The molecule has 1 rings (SSSR count). The lowest BCUT2D eigenvalue weighted by atomic mass is 10.0. The molecule has 4 heteroatoms. The lowest BCUT2D eigenvalue weighted by Gasteiger charge is -2.28. The van der Waals surface area contributed by atoms with Crippen molar-refractivity contribution >= 4 is 23.1 Å². The first-order valence-corrected chi connectivity index (χ1v) is 7.79. The maximum Gasteiger partial charge on any atom is 0.235 e. The van der Waals surface area contributed by atoms with Gasteiger partial charge in [-0.05, 0) is 37.5 Å². The van der Waals surface area contributed by atoms with E-state index in [2.05, 4.69) is 27.7 Å². The molecule has 1 amide bonds. The van der Waals surface area contributed by atoms with E-state index >= 15 is 0 Å². The van der Waals surface area contributed by atoms with E-state index in [-0.39, 0.29) is 5.91 Å². The highest BCUT2D eigenvalue weighted by Gasteiger charge is 2.54. The highest BCUT2D eigenvalue weighted by Crippen LogP contribution is 2.47. The van der Waals surface area contributed by atoms with Crippen LogP contribution in [0.1, 0.15) is 53.4 Å². The van der Waals surface area contributed by atoms with Crippen LogP contribution < -0.4 is 5.73 Å². The van der Waals surface area contributed by atoms with E-state index in [9.17, 15) is 4.79 Å². The van der Waals surface area contributed by atoms with Gasteiger partial charge in [0, 0.05) is 13.1 Å². The van der Waals surface area contributed by atoms with Crippen LogP contribution in [0.2, 0.25) is 0 Å². The van der Waals surface area contributed by atoms with Crippen LogP contribution in [0, 0.1) is 17.3 Å². The SMILES string of the molecule is CC(C)CCN(CCC(C)C)C(=O)C1(C(N)=S)CC1. The quantitative estimate of drug-likeness (QED) is 0.697. The zero-order valence-corrected chi connectivity index (χ0v) is 13.6. The molecule has 1 saturated carbocycles. The van der Waals surface area contributed by atoms with Crippen LogP contribution in [-0.4, -0.2) is 28.9 Å². The van der Waals surface area contributed by atoms with E-state index in [1.54, 1.807) is 0 Å². The summed E-state index contributed by atoms with van der Waals surface area (Å²) in [6.45, 7) is 10.4. The van der Waals surface area contributed by atoms with Gasteiger partial charge in [-0.3, -0.25) is 4.79 Å². The molecule has 2 N–H and O–H groups in total. The molecule has 1 aliphatic rings. The average Bonchev–Trinajstić information content (AvgIpc) is 3.08. The topological polar surface area (TPSA) is 46.3 Å². The Hall–Kier alpha value is -0.640. The molecule has 0 spiro atoms. The Balaban J connectivity index is 2.66. The Labute approximate surface area is 122 Å². The summed E-state index contributed by atoms with van der Waals surface area (Å²) in [6.07, 6.45) is 3.75. The zero-order valence-electron chi connectivity index (χ0n) is 12.7. The molecule has 0 atom stereocenters. The molecular weight excluding hydrogens is 256 g/mol. The summed E-state index contributed by atoms with van der Waals surface area (Å²) in [6, 6.07) is 0. The van der Waals surface area contributed by atoms with E-state index in [1.165, 1.54) is 0 Å². The summed E-state index contributed by atoms with van der Waals surface area (Å²) in [5.41, 5.74) is 5.27. The summed E-state index contributed by atoms with van der Waals surface area (Å²) in [5.74, 6) is 1.38. The fourth-order valence-electron chi connectivity index (χ4n) is 2.14. The summed E-state index contributed by atoms with van der Waals surface area (Å²) in [7, 11) is 0. The van der Waals surface area contributed by atoms with Gasteiger partial charge in [0.1, 0.15) is 0 Å². The van der Waals surface area contributed by atoms with E-state index in [0.717, 1.165) is 38.8 Å². The lowest BCUT2D eigenvalue weighted by Crippen LogP contribution is -2.44. The number of carbonyl (C=O) groups is 1. The minimum absolute atomic E-state index is 0.168. The van der Waals surface area contributed by atoms with Crippen molar-refractivity contribution in [1.82, 2.24) is 4.90 Å². The number of nitrogens with two attached hydrogens (primary N) is 1. The van der Waals surface area contributed by atoms with E-state index < -0.39 is 5.41 Å². The van der Waals surface area contributed by atoms with E-state index in [1.807, 2.05) is 4.90 Å². The van der Waals surface area contributed by atoms with Gasteiger partial charge in [0.15, 0.2) is 0 Å². The Morgan fingerprint density at radius 1 is 1.16 bits per heavy atom. The summed E-state index contributed by atoms with van der Waals surface area (Å²) in [4.78, 5) is 15.0. The number of carbonyl (C=O) groups excluding carboxylic acids is 1. The second-order valence-electron chi connectivity index (χ2n) is 6.60. The first-order valence-electron chi connectivity index (χ1n) is 7.39. The van der Waals surface area contributed by atoms with Crippen LogP contribution in [0.4, 0.5) is 0 Å². The number of hydrogen-bond acceptors (Lipinski definition) is 2. The van der Waals surface area contributed by atoms with Gasteiger partial charge in [0.05, 0.1) is 10.4 Å². The number of rotatable bonds is 8. The van der Waals surface area contributed by atoms with Gasteiger partial charge in [-0.1, -0.05) is 39.9 Å². The Morgan fingerprint density at radius 3 is 1.84 bits per heavy atom. The van der Waals surface area contributed by atoms with Crippen LogP contribution in [-0.2, 0) is 4.79 Å². The van der Waals surface area contributed by atoms with Crippen LogP contribution in [0.15, 0.2) is 0 Å². The minimum Gasteiger partial charge on any atom is -0.392 e.